The minimum Gasteiger partial charge on any atom is -0.392 e. The summed E-state index contributed by atoms with van der Waals surface area (Å²) in [7, 11) is 2.11. The van der Waals surface area contributed by atoms with Crippen molar-refractivity contribution in [1.29, 1.82) is 0 Å². The third-order valence-corrected chi connectivity index (χ3v) is 8.70. The van der Waals surface area contributed by atoms with Gasteiger partial charge in [0, 0.05) is 62.8 Å². The molecule has 4 N–H and O–H groups in total. The van der Waals surface area contributed by atoms with Crippen molar-refractivity contribution in [2.45, 2.75) is 70.2 Å². The molecule has 258 valence electrons. The third-order valence-electron chi connectivity index (χ3n) is 8.70. The highest BCUT2D eigenvalue weighted by Gasteiger charge is 2.33. The van der Waals surface area contributed by atoms with Crippen LogP contribution in [-0.2, 0) is 38.6 Å². The first-order valence-electron chi connectivity index (χ1n) is 16.9. The Balaban J connectivity index is 1.25. The van der Waals surface area contributed by atoms with Crippen LogP contribution in [0.15, 0.2) is 97.2 Å². The van der Waals surface area contributed by atoms with Gasteiger partial charge in [-0.25, -0.2) is 5.48 Å². The Morgan fingerprint density at radius 3 is 2.35 bits per heavy atom. The quantitative estimate of drug-likeness (QED) is 0.0686. The maximum Gasteiger partial charge on any atom is 0.243 e. The molecule has 1 fully saturated rings. The summed E-state index contributed by atoms with van der Waals surface area (Å²) in [6.07, 6.45) is 4.15. The van der Waals surface area contributed by atoms with E-state index in [1.165, 1.54) is 0 Å². The van der Waals surface area contributed by atoms with Gasteiger partial charge in [0.2, 0.25) is 11.8 Å². The largest absolute Gasteiger partial charge is 0.392 e. The van der Waals surface area contributed by atoms with Crippen molar-refractivity contribution >= 4 is 11.8 Å². The number of hydrogen-bond acceptors (Lipinski definition) is 8. The van der Waals surface area contributed by atoms with Crippen LogP contribution in [-0.4, -0.2) is 58.3 Å². The number of likely N-dealkylation sites (N-methyl/N-ethyl adjacent to an activating group) is 1. The van der Waals surface area contributed by atoms with Gasteiger partial charge in [-0.1, -0.05) is 66.7 Å². The summed E-state index contributed by atoms with van der Waals surface area (Å²) in [5.74, 6) is -0.531. The van der Waals surface area contributed by atoms with Crippen LogP contribution >= 0.6 is 0 Å². The van der Waals surface area contributed by atoms with E-state index in [1.54, 1.807) is 5.48 Å². The van der Waals surface area contributed by atoms with Gasteiger partial charge in [-0.2, -0.15) is 0 Å². The number of nitrogens with one attached hydrogen (secondary N) is 2. The van der Waals surface area contributed by atoms with E-state index in [1.807, 2.05) is 79.0 Å². The average Bonchev–Trinajstić information content (AvgIpc) is 3.15. The van der Waals surface area contributed by atoms with Gasteiger partial charge in [-0.05, 0) is 72.0 Å². The molecule has 0 bridgehead atoms. The fraction of sp³-hybridized carbons (Fsp3) is 0.359. The number of nitrogens with zero attached hydrogens (tertiary/aromatic N) is 2. The van der Waals surface area contributed by atoms with Gasteiger partial charge in [0.05, 0.1) is 18.8 Å². The molecule has 4 aromatic rings. The molecule has 1 aromatic heterocycles. The topological polar surface area (TPSA) is 133 Å². The molecule has 2 heterocycles. The lowest BCUT2D eigenvalue weighted by atomic mass is 9.98. The number of carbonyl (C=O) groups is 2. The summed E-state index contributed by atoms with van der Waals surface area (Å²) < 4.78 is 13.2. The monoisotopic (exact) mass is 666 g/mol. The first kappa shape index (κ1) is 35.8. The highest BCUT2D eigenvalue weighted by atomic mass is 16.7. The number of pyridine rings is 1. The van der Waals surface area contributed by atoms with Crippen molar-refractivity contribution in [3.05, 3.63) is 125 Å². The smallest absolute Gasteiger partial charge is 0.243 e. The molecule has 3 atom stereocenters. The lowest BCUT2D eigenvalue weighted by Gasteiger charge is -2.38. The molecular formula is C39H46N4O6. The van der Waals surface area contributed by atoms with Crippen molar-refractivity contribution in [2.24, 2.45) is 0 Å². The van der Waals surface area contributed by atoms with E-state index in [0.717, 1.165) is 58.6 Å². The molecule has 10 heteroatoms. The van der Waals surface area contributed by atoms with E-state index in [4.69, 9.17) is 14.7 Å². The van der Waals surface area contributed by atoms with E-state index < -0.39 is 12.2 Å². The maximum atomic E-state index is 12.4. The van der Waals surface area contributed by atoms with Crippen LogP contribution in [0.1, 0.15) is 72.4 Å². The Kier molecular flexibility index (Phi) is 13.4. The SMILES string of the molecule is CN(CCc1ccccn1)C[C@H]1C[C@@H](c2ccc(CO)cc2)O[C@@H](c2cccc(-c3cccc(CNC(=O)CCCCC(=O)NO)c3)c2)O1. The summed E-state index contributed by atoms with van der Waals surface area (Å²) in [6, 6.07) is 30.2. The lowest BCUT2D eigenvalue weighted by molar-refractivity contribution is -0.252. The summed E-state index contributed by atoms with van der Waals surface area (Å²) in [6.45, 7) is 1.98. The van der Waals surface area contributed by atoms with Gasteiger partial charge in [0.25, 0.3) is 0 Å². The van der Waals surface area contributed by atoms with Crippen LogP contribution in [0, 0.1) is 0 Å². The van der Waals surface area contributed by atoms with E-state index in [9.17, 15) is 14.7 Å². The number of ether oxygens (including phenoxy) is 2. The number of amides is 2. The Labute approximate surface area is 288 Å². The van der Waals surface area contributed by atoms with E-state index in [2.05, 4.69) is 40.4 Å². The second kappa shape index (κ2) is 18.4. The molecule has 1 aliphatic heterocycles. The number of rotatable bonds is 16. The molecule has 0 saturated carbocycles. The van der Waals surface area contributed by atoms with Crippen LogP contribution in [0.25, 0.3) is 11.1 Å². The predicted molar refractivity (Wildman–Crippen MR) is 186 cm³/mol. The molecule has 1 aliphatic rings. The van der Waals surface area contributed by atoms with Crippen LogP contribution < -0.4 is 10.8 Å². The molecule has 5 rings (SSSR count). The van der Waals surface area contributed by atoms with Crippen LogP contribution in [0.3, 0.4) is 0 Å². The van der Waals surface area contributed by atoms with Crippen molar-refractivity contribution < 1.29 is 29.4 Å². The van der Waals surface area contributed by atoms with Crippen LogP contribution in [0.2, 0.25) is 0 Å². The molecule has 0 unspecified atom stereocenters. The molecular weight excluding hydrogens is 620 g/mol. The van der Waals surface area contributed by atoms with Crippen molar-refractivity contribution in [1.82, 2.24) is 20.7 Å². The second-order valence-electron chi connectivity index (χ2n) is 12.5. The van der Waals surface area contributed by atoms with Gasteiger partial charge in [-0.3, -0.25) is 19.8 Å². The number of benzene rings is 3. The van der Waals surface area contributed by atoms with E-state index in [-0.39, 0.29) is 31.1 Å². The highest BCUT2D eigenvalue weighted by Crippen LogP contribution is 2.39. The zero-order chi connectivity index (χ0) is 34.4. The fourth-order valence-electron chi connectivity index (χ4n) is 5.97. The van der Waals surface area contributed by atoms with E-state index in [0.29, 0.717) is 32.2 Å². The number of carbonyl (C=O) groups excluding carboxylic acids is 2. The molecule has 0 radical (unpaired) electrons. The molecule has 10 nitrogen and oxygen atoms in total. The summed E-state index contributed by atoms with van der Waals surface area (Å²) in [5, 5.41) is 21.1. The van der Waals surface area contributed by atoms with Gasteiger partial charge in [0.1, 0.15) is 0 Å². The Hall–Kier alpha value is -4.45. The van der Waals surface area contributed by atoms with Crippen LogP contribution in [0.4, 0.5) is 0 Å². The second-order valence-corrected chi connectivity index (χ2v) is 12.5. The standard InChI is InChI=1S/C39H46N4O6/c1-43(21-19-34-12-4-5-20-40-34)26-35-24-36(30-17-15-28(27-44)16-18-30)49-39(48-35)33-11-7-10-32(23-33)31-9-6-8-29(22-31)25-41-37(45)13-2-3-14-38(46)42-47/h4-12,15-18,20,22-23,35-36,39,44,47H,2-3,13-14,19,21,24-27H2,1H3,(H,41,45)(H,42,46)/t35-,36+,39+/m1/s1. The summed E-state index contributed by atoms with van der Waals surface area (Å²) in [5.41, 5.74) is 8.50. The Morgan fingerprint density at radius 1 is 0.857 bits per heavy atom. The molecule has 0 spiro atoms. The van der Waals surface area contributed by atoms with Gasteiger partial charge < -0.3 is 24.8 Å². The zero-order valence-electron chi connectivity index (χ0n) is 28.0. The summed E-state index contributed by atoms with van der Waals surface area (Å²) >= 11 is 0. The Bertz CT molecular complexity index is 1630. The minimum absolute atomic E-state index is 0.00497. The van der Waals surface area contributed by atoms with Gasteiger partial charge >= 0.3 is 0 Å². The molecule has 49 heavy (non-hydrogen) atoms. The Morgan fingerprint density at radius 2 is 1.61 bits per heavy atom. The summed E-state index contributed by atoms with van der Waals surface area (Å²) in [4.78, 5) is 30.2. The lowest BCUT2D eigenvalue weighted by Crippen LogP contribution is -2.38. The predicted octanol–water partition coefficient (Wildman–Crippen LogP) is 5.64. The fourth-order valence-corrected chi connectivity index (χ4v) is 5.97. The number of unbranched alkanes of at least 4 members (excludes halogenated alkanes) is 1. The minimum atomic E-state index is -0.573. The van der Waals surface area contributed by atoms with Crippen LogP contribution in [0.5, 0.6) is 0 Å². The van der Waals surface area contributed by atoms with Crippen molar-refractivity contribution in [2.75, 3.05) is 20.1 Å². The van der Waals surface area contributed by atoms with E-state index >= 15 is 0 Å². The number of hydrogen-bond donors (Lipinski definition) is 4. The van der Waals surface area contributed by atoms with Gasteiger partial charge in [-0.15, -0.1) is 0 Å². The zero-order valence-corrected chi connectivity index (χ0v) is 28.0. The highest BCUT2D eigenvalue weighted by molar-refractivity contribution is 5.76. The normalized spacial score (nSPS) is 17.5. The van der Waals surface area contributed by atoms with Crippen molar-refractivity contribution in [3.8, 4) is 11.1 Å². The number of aliphatic hydroxyl groups excluding tert-OH is 1. The molecule has 0 aliphatic carbocycles. The molecule has 2 amide bonds. The number of aliphatic hydroxyl groups is 1. The first-order chi connectivity index (χ1) is 23.9. The van der Waals surface area contributed by atoms with Gasteiger partial charge in [0.15, 0.2) is 6.29 Å². The molecule has 3 aromatic carbocycles. The number of aromatic nitrogens is 1. The van der Waals surface area contributed by atoms with Crippen molar-refractivity contribution in [3.63, 3.8) is 0 Å². The average molecular weight is 667 g/mol. The first-order valence-corrected chi connectivity index (χ1v) is 16.9. The molecule has 1 saturated heterocycles. The number of hydroxylamine groups is 1. The maximum absolute atomic E-state index is 12.4. The third kappa shape index (κ3) is 11.0.